The Balaban J connectivity index is 1.75. The number of carbonyl (C=O) groups is 1. The second-order valence-corrected chi connectivity index (χ2v) is 6.22. The number of hydrogen-bond acceptors (Lipinski definition) is 5. The van der Waals surface area contributed by atoms with Crippen LogP contribution < -0.4 is 0 Å². The van der Waals surface area contributed by atoms with Crippen molar-refractivity contribution in [3.8, 4) is 11.5 Å². The molecule has 1 fully saturated rings. The van der Waals surface area contributed by atoms with Crippen molar-refractivity contribution in [2.75, 3.05) is 6.54 Å². The molecule has 0 aliphatic carbocycles. The summed E-state index contributed by atoms with van der Waals surface area (Å²) in [6.07, 6.45) is 3.01. The maximum atomic E-state index is 13.9. The molecule has 7 heteroatoms. The van der Waals surface area contributed by atoms with E-state index in [0.717, 1.165) is 31.4 Å². The Morgan fingerprint density at radius 3 is 3.08 bits per heavy atom. The van der Waals surface area contributed by atoms with Gasteiger partial charge in [0.1, 0.15) is 5.82 Å². The van der Waals surface area contributed by atoms with E-state index in [0.29, 0.717) is 12.4 Å². The van der Waals surface area contributed by atoms with Gasteiger partial charge < -0.3 is 9.63 Å². The summed E-state index contributed by atoms with van der Waals surface area (Å²) in [4.78, 5) is 17.4. The number of likely N-dealkylation sites (tertiary alicyclic amines) is 1. The number of aromatic nitrogens is 2. The van der Waals surface area contributed by atoms with Crippen LogP contribution in [-0.2, 0) is 11.3 Å². The largest absolute Gasteiger partial charge is 0.481 e. The van der Waals surface area contributed by atoms with E-state index in [9.17, 15) is 9.18 Å². The van der Waals surface area contributed by atoms with Crippen LogP contribution in [0.3, 0.4) is 0 Å². The van der Waals surface area contributed by atoms with Crippen molar-refractivity contribution in [3.63, 3.8) is 0 Å². The Hall–Kier alpha value is -2.28. The summed E-state index contributed by atoms with van der Waals surface area (Å²) >= 11 is 0. The van der Waals surface area contributed by atoms with Crippen LogP contribution in [0.5, 0.6) is 0 Å². The first-order chi connectivity index (χ1) is 11.5. The lowest BCUT2D eigenvalue weighted by Crippen LogP contribution is -2.40. The lowest BCUT2D eigenvalue weighted by Gasteiger charge is -2.33. The van der Waals surface area contributed by atoms with E-state index in [1.807, 2.05) is 6.92 Å². The molecule has 0 bridgehead atoms. The lowest BCUT2D eigenvalue weighted by molar-refractivity contribution is -0.138. The summed E-state index contributed by atoms with van der Waals surface area (Å²) in [6, 6.07) is 4.71. The van der Waals surface area contributed by atoms with Crippen molar-refractivity contribution in [2.45, 2.75) is 45.2 Å². The van der Waals surface area contributed by atoms with Gasteiger partial charge in [-0.05, 0) is 38.4 Å². The van der Waals surface area contributed by atoms with Crippen molar-refractivity contribution < 1.29 is 18.8 Å². The highest BCUT2D eigenvalue weighted by atomic mass is 19.1. The average molecular weight is 333 g/mol. The SMILES string of the molecule is Cc1ccc(F)c(-c2nc(CN3CCCCC3CC(=O)O)no2)c1. The molecule has 1 saturated heterocycles. The van der Waals surface area contributed by atoms with Gasteiger partial charge in [0.15, 0.2) is 5.82 Å². The van der Waals surface area contributed by atoms with E-state index < -0.39 is 11.8 Å². The zero-order chi connectivity index (χ0) is 17.1. The highest BCUT2D eigenvalue weighted by Crippen LogP contribution is 2.24. The van der Waals surface area contributed by atoms with Gasteiger partial charge >= 0.3 is 5.97 Å². The van der Waals surface area contributed by atoms with Crippen LogP contribution in [0.25, 0.3) is 11.5 Å². The molecule has 1 N–H and O–H groups in total. The average Bonchev–Trinajstić information content (AvgIpc) is 2.99. The quantitative estimate of drug-likeness (QED) is 0.906. The fourth-order valence-corrected chi connectivity index (χ4v) is 3.11. The number of carboxylic acid groups (broad SMARTS) is 1. The Kier molecular flexibility index (Phi) is 4.89. The summed E-state index contributed by atoms with van der Waals surface area (Å²) in [5, 5.41) is 13.0. The number of carboxylic acids is 1. The minimum absolute atomic E-state index is 0.0195. The monoisotopic (exact) mass is 333 g/mol. The summed E-state index contributed by atoms with van der Waals surface area (Å²) in [7, 11) is 0. The Morgan fingerprint density at radius 1 is 1.46 bits per heavy atom. The molecular weight excluding hydrogens is 313 g/mol. The van der Waals surface area contributed by atoms with E-state index >= 15 is 0 Å². The van der Waals surface area contributed by atoms with Gasteiger partial charge in [-0.1, -0.05) is 23.2 Å². The van der Waals surface area contributed by atoms with E-state index in [4.69, 9.17) is 9.63 Å². The maximum absolute atomic E-state index is 13.9. The maximum Gasteiger partial charge on any atom is 0.304 e. The van der Waals surface area contributed by atoms with Gasteiger partial charge in [-0.2, -0.15) is 4.98 Å². The number of piperidine rings is 1. The highest BCUT2D eigenvalue weighted by Gasteiger charge is 2.26. The molecule has 1 unspecified atom stereocenters. The molecule has 128 valence electrons. The standard InChI is InChI=1S/C17H20FN3O3/c1-11-5-6-14(18)13(8-11)17-19-15(20-24-17)10-21-7-3-2-4-12(21)9-16(22)23/h5-6,8,12H,2-4,7,9-10H2,1H3,(H,22,23). The minimum atomic E-state index is -0.803. The van der Waals surface area contributed by atoms with Crippen LogP contribution in [0.15, 0.2) is 22.7 Å². The summed E-state index contributed by atoms with van der Waals surface area (Å²) in [6.45, 7) is 3.08. The number of halogens is 1. The summed E-state index contributed by atoms with van der Waals surface area (Å²) in [5.74, 6) is -0.610. The Morgan fingerprint density at radius 2 is 2.29 bits per heavy atom. The number of nitrogens with zero attached hydrogens (tertiary/aromatic N) is 3. The molecule has 1 aliphatic heterocycles. The molecule has 0 spiro atoms. The van der Waals surface area contributed by atoms with Crippen LogP contribution in [-0.4, -0.2) is 38.7 Å². The van der Waals surface area contributed by atoms with Crippen molar-refractivity contribution in [1.82, 2.24) is 15.0 Å². The lowest BCUT2D eigenvalue weighted by atomic mass is 9.99. The van der Waals surface area contributed by atoms with Gasteiger partial charge in [-0.15, -0.1) is 0 Å². The van der Waals surface area contributed by atoms with Gasteiger partial charge in [0.25, 0.3) is 5.89 Å². The van der Waals surface area contributed by atoms with Crippen molar-refractivity contribution >= 4 is 5.97 Å². The second-order valence-electron chi connectivity index (χ2n) is 6.22. The molecule has 0 radical (unpaired) electrons. The molecule has 24 heavy (non-hydrogen) atoms. The zero-order valence-corrected chi connectivity index (χ0v) is 13.5. The number of benzene rings is 1. The molecule has 2 aromatic rings. The Bertz CT molecular complexity index is 732. The summed E-state index contributed by atoms with van der Waals surface area (Å²) < 4.78 is 19.1. The van der Waals surface area contributed by atoms with Crippen LogP contribution in [0.4, 0.5) is 4.39 Å². The van der Waals surface area contributed by atoms with Crippen molar-refractivity contribution in [1.29, 1.82) is 0 Å². The topological polar surface area (TPSA) is 79.5 Å². The summed E-state index contributed by atoms with van der Waals surface area (Å²) in [5.41, 5.74) is 1.19. The minimum Gasteiger partial charge on any atom is -0.481 e. The van der Waals surface area contributed by atoms with Crippen LogP contribution in [0, 0.1) is 12.7 Å². The van der Waals surface area contributed by atoms with Gasteiger partial charge in [0.2, 0.25) is 0 Å². The van der Waals surface area contributed by atoms with Gasteiger partial charge in [-0.3, -0.25) is 9.69 Å². The normalized spacial score (nSPS) is 18.7. The van der Waals surface area contributed by atoms with Crippen molar-refractivity contribution in [3.05, 3.63) is 35.4 Å². The fraction of sp³-hybridized carbons (Fsp3) is 0.471. The molecule has 0 amide bonds. The van der Waals surface area contributed by atoms with E-state index in [-0.39, 0.29) is 23.9 Å². The molecule has 1 aliphatic rings. The predicted molar refractivity (Wildman–Crippen MR) is 84.7 cm³/mol. The van der Waals surface area contributed by atoms with Crippen LogP contribution in [0.1, 0.15) is 37.1 Å². The molecular formula is C17H20FN3O3. The molecule has 1 atom stereocenters. The third-order valence-electron chi connectivity index (χ3n) is 4.32. The third-order valence-corrected chi connectivity index (χ3v) is 4.32. The smallest absolute Gasteiger partial charge is 0.304 e. The predicted octanol–water partition coefficient (Wildman–Crippen LogP) is 3.01. The van der Waals surface area contributed by atoms with Gasteiger partial charge in [0, 0.05) is 6.04 Å². The Labute approximate surface area is 139 Å². The van der Waals surface area contributed by atoms with Crippen LogP contribution >= 0.6 is 0 Å². The molecule has 1 aromatic carbocycles. The number of aryl methyl sites for hydroxylation is 1. The zero-order valence-electron chi connectivity index (χ0n) is 13.5. The third kappa shape index (κ3) is 3.79. The molecule has 1 aromatic heterocycles. The second kappa shape index (κ2) is 7.09. The highest BCUT2D eigenvalue weighted by molar-refractivity contribution is 5.67. The fourth-order valence-electron chi connectivity index (χ4n) is 3.11. The van der Waals surface area contributed by atoms with E-state index in [2.05, 4.69) is 15.0 Å². The van der Waals surface area contributed by atoms with Gasteiger partial charge in [-0.25, -0.2) is 4.39 Å². The molecule has 3 rings (SSSR count). The first kappa shape index (κ1) is 16.6. The van der Waals surface area contributed by atoms with Gasteiger partial charge in [0.05, 0.1) is 18.5 Å². The number of hydrogen-bond donors (Lipinski definition) is 1. The number of rotatable bonds is 5. The molecule has 0 saturated carbocycles. The van der Waals surface area contributed by atoms with Crippen molar-refractivity contribution in [2.24, 2.45) is 0 Å². The molecule has 2 heterocycles. The molecule has 6 nitrogen and oxygen atoms in total. The van der Waals surface area contributed by atoms with E-state index in [1.54, 1.807) is 12.1 Å². The first-order valence-corrected chi connectivity index (χ1v) is 8.08. The first-order valence-electron chi connectivity index (χ1n) is 8.08. The van der Waals surface area contributed by atoms with Crippen LogP contribution in [0.2, 0.25) is 0 Å². The van der Waals surface area contributed by atoms with E-state index in [1.165, 1.54) is 6.07 Å². The number of aliphatic carboxylic acids is 1.